The summed E-state index contributed by atoms with van der Waals surface area (Å²) in [5, 5.41) is 16.7. The number of amides is 2. The molecule has 0 aromatic heterocycles. The Morgan fingerprint density at radius 3 is 2.18 bits per heavy atom. The molecule has 1 fully saturated rings. The first-order valence-electron chi connectivity index (χ1n) is 6.10. The molecule has 8 nitrogen and oxygen atoms in total. The molecule has 132 valence electrons. The van der Waals surface area contributed by atoms with Crippen molar-refractivity contribution < 1.29 is 65.3 Å². The number of aliphatic hydroxyl groups excluding tert-OH is 1. The Hall–Kier alpha value is 0.277. The average molecular weight is 700 g/mol. The Morgan fingerprint density at radius 2 is 1.95 bits per heavy atom. The molecule has 1 saturated heterocycles. The van der Waals surface area contributed by atoms with Crippen LogP contribution < -0.4 is 0 Å². The summed E-state index contributed by atoms with van der Waals surface area (Å²) < 4.78 is 15.9. The molecule has 1 aliphatic heterocycles. The molecule has 0 saturated carbocycles. The SMILES string of the molecule is CCC(O)COC(=O)[N]=[W]=[S].CCC1CO1.O=C(O)[N]=[W]=[S].[3H-].[3H-]. The molecule has 1 heterocycles. The summed E-state index contributed by atoms with van der Waals surface area (Å²) in [5.41, 5.74) is 0. The van der Waals surface area contributed by atoms with Gasteiger partial charge in [-0.3, -0.25) is 0 Å². The molecule has 1 rings (SSSR count). The predicted octanol–water partition coefficient (Wildman–Crippen LogP) is 3.34. The van der Waals surface area contributed by atoms with Crippen LogP contribution in [0.4, 0.5) is 9.59 Å². The van der Waals surface area contributed by atoms with Crippen LogP contribution in [-0.2, 0) is 42.6 Å². The van der Waals surface area contributed by atoms with E-state index < -0.39 is 51.4 Å². The first kappa shape index (κ1) is 24.5. The Bertz CT molecular complexity index is 447. The summed E-state index contributed by atoms with van der Waals surface area (Å²) in [7, 11) is 8.92. The number of rotatable bonds is 4. The molecule has 0 radical (unpaired) electrons. The zero-order chi connectivity index (χ0) is 17.4. The van der Waals surface area contributed by atoms with Gasteiger partial charge in [-0.25, -0.2) is 0 Å². The molecule has 2 unspecified atom stereocenters. The maximum Gasteiger partial charge on any atom is -1.00 e. The standard InChI is InChI=1S/C5H9NO3.C4H8O.CHNO2.2S.2W.2H/c1-2-4(7)3-9-5(6)8;1-2-4-3-5-4;2-1(3)4;;;;;;/h4,7H,2-3H2,1H3;4H,2-3H2,1H3;(H,3,4);;;;;;/q;;;;;;;2*-1/i;;;;;;;2*1+2. The van der Waals surface area contributed by atoms with Crippen molar-refractivity contribution in [3.05, 3.63) is 0 Å². The summed E-state index contributed by atoms with van der Waals surface area (Å²) in [6.45, 7) is 4.97. The van der Waals surface area contributed by atoms with Gasteiger partial charge in [0.2, 0.25) is 0 Å². The van der Waals surface area contributed by atoms with E-state index in [1.807, 2.05) is 0 Å². The van der Waals surface area contributed by atoms with Gasteiger partial charge in [0.15, 0.2) is 0 Å². The number of carbonyl (C=O) groups excluding carboxylic acids is 1. The monoisotopic (exact) mass is 700 g/mol. The normalized spacial score (nSPS) is 15.5. The molecular weight excluding hydrogens is 676 g/mol. The van der Waals surface area contributed by atoms with E-state index in [0.29, 0.717) is 12.5 Å². The van der Waals surface area contributed by atoms with Crippen molar-refractivity contribution in [2.24, 2.45) is 6.99 Å². The van der Waals surface area contributed by atoms with Crippen molar-refractivity contribution in [2.75, 3.05) is 13.2 Å². The zero-order valence-electron chi connectivity index (χ0n) is 14.0. The van der Waals surface area contributed by atoms with E-state index in [4.69, 9.17) is 14.9 Å². The van der Waals surface area contributed by atoms with Crippen LogP contribution >= 0.6 is 19.6 Å². The van der Waals surface area contributed by atoms with Gasteiger partial charge in [-0.05, 0) is 6.42 Å². The number of carboxylic acid groups (broad SMARTS) is 1. The van der Waals surface area contributed by atoms with E-state index in [0.717, 1.165) is 6.61 Å². The summed E-state index contributed by atoms with van der Waals surface area (Å²) in [5.74, 6) is 0. The molecule has 2 atom stereocenters. The van der Waals surface area contributed by atoms with E-state index in [2.05, 4.69) is 38.3 Å². The van der Waals surface area contributed by atoms with Gasteiger partial charge < -0.3 is 7.59 Å². The number of hydrogen-bond donors (Lipinski definition) is 2. The minimum atomic E-state index is -1.24. The van der Waals surface area contributed by atoms with Crippen molar-refractivity contribution in [2.45, 2.75) is 38.9 Å². The number of hydrogen-bond acceptors (Lipinski definition) is 7. The zero-order valence-corrected chi connectivity index (χ0v) is 19.5. The molecule has 2 N–H and O–H groups in total. The smallest absolute Gasteiger partial charge is 1.00 e. The van der Waals surface area contributed by atoms with Crippen molar-refractivity contribution in [1.29, 1.82) is 0 Å². The summed E-state index contributed by atoms with van der Waals surface area (Å²) in [6, 6.07) is 0. The topological polar surface area (TPSA) is 121 Å². The number of aliphatic hydroxyl groups is 1. The van der Waals surface area contributed by atoms with Gasteiger partial charge in [0.1, 0.15) is 0 Å². The van der Waals surface area contributed by atoms with Gasteiger partial charge >= 0.3 is 123 Å². The van der Waals surface area contributed by atoms with Crippen LogP contribution in [-0.4, -0.2) is 47.8 Å². The fourth-order valence-corrected chi connectivity index (χ4v) is 2.33. The van der Waals surface area contributed by atoms with Gasteiger partial charge in [-0.15, -0.1) is 0 Å². The molecule has 0 aromatic rings. The van der Waals surface area contributed by atoms with Crippen molar-refractivity contribution in [3.8, 4) is 0 Å². The van der Waals surface area contributed by atoms with Crippen molar-refractivity contribution in [1.82, 2.24) is 0 Å². The van der Waals surface area contributed by atoms with E-state index in [9.17, 15) is 9.59 Å². The third kappa shape index (κ3) is 22.6. The quantitative estimate of drug-likeness (QED) is 0.429. The van der Waals surface area contributed by atoms with Crippen LogP contribution in [0.1, 0.15) is 29.5 Å². The van der Waals surface area contributed by atoms with Gasteiger partial charge in [-0.2, -0.15) is 0 Å². The van der Waals surface area contributed by atoms with Gasteiger partial charge in [0.25, 0.3) is 0 Å². The maximum absolute atomic E-state index is 10.5. The molecule has 0 aliphatic carbocycles. The number of nitrogens with zero attached hydrogens (tertiary/aromatic N) is 2. The molecule has 22 heavy (non-hydrogen) atoms. The largest absolute Gasteiger partial charge is 1.00 e. The fourth-order valence-electron chi connectivity index (χ4n) is 0.678. The van der Waals surface area contributed by atoms with E-state index in [-0.39, 0.29) is 9.46 Å². The number of epoxide rings is 1. The van der Waals surface area contributed by atoms with E-state index >= 15 is 0 Å². The molecular formula is C10H20N2O6S2W2-2. The van der Waals surface area contributed by atoms with Crippen LogP contribution in [0, 0.1) is 0 Å². The Balaban J connectivity index is -0.000000131. The second-order valence-electron chi connectivity index (χ2n) is 3.62. The van der Waals surface area contributed by atoms with Crippen LogP contribution in [0.25, 0.3) is 0 Å². The average Bonchev–Trinajstić information content (AvgIpc) is 3.30. The third-order valence-electron chi connectivity index (χ3n) is 1.96. The summed E-state index contributed by atoms with van der Waals surface area (Å²) in [4.78, 5) is 19.9. The van der Waals surface area contributed by atoms with Crippen LogP contribution in [0.3, 0.4) is 0 Å². The molecule has 2 amide bonds. The minimum Gasteiger partial charge on any atom is -1.00 e. The van der Waals surface area contributed by atoms with Crippen molar-refractivity contribution >= 4 is 31.8 Å². The molecule has 12 heteroatoms. The second kappa shape index (κ2) is 17.6. The van der Waals surface area contributed by atoms with Crippen LogP contribution in [0.5, 0.6) is 0 Å². The Kier molecular flexibility index (Phi) is 19.7. The van der Waals surface area contributed by atoms with Crippen molar-refractivity contribution in [3.63, 3.8) is 0 Å². The van der Waals surface area contributed by atoms with E-state index in [1.54, 1.807) is 6.92 Å². The number of ether oxygens (including phenoxy) is 2. The third-order valence-corrected chi connectivity index (χ3v) is 4.81. The first-order valence-corrected chi connectivity index (χ1v) is 16.6. The van der Waals surface area contributed by atoms with Gasteiger partial charge in [0.05, 0.1) is 12.7 Å². The van der Waals surface area contributed by atoms with E-state index in [1.165, 1.54) is 6.42 Å². The Labute approximate surface area is 155 Å². The van der Waals surface area contributed by atoms with Crippen LogP contribution in [0.15, 0.2) is 6.99 Å². The van der Waals surface area contributed by atoms with Crippen LogP contribution in [0.2, 0.25) is 0 Å². The second-order valence-corrected chi connectivity index (χ2v) is 8.44. The predicted molar refractivity (Wildman–Crippen MR) is 78.0 cm³/mol. The Morgan fingerprint density at radius 1 is 1.41 bits per heavy atom. The minimum absolute atomic E-state index is 0. The molecule has 0 bridgehead atoms. The summed E-state index contributed by atoms with van der Waals surface area (Å²) in [6.07, 6.45) is 0.0766. The molecule has 0 aromatic carbocycles. The van der Waals surface area contributed by atoms with Gasteiger partial charge in [-0.1, -0.05) is 6.92 Å². The maximum atomic E-state index is 10.5. The van der Waals surface area contributed by atoms with Gasteiger partial charge in [0, 0.05) is 0 Å². The number of carbonyl (C=O) groups is 2. The summed E-state index contributed by atoms with van der Waals surface area (Å²) >= 11 is -2.46. The molecule has 1 aliphatic rings. The molecule has 0 spiro atoms. The fraction of sp³-hybridized carbons (Fsp3) is 0.800. The first-order chi connectivity index (χ1) is 10.4.